The van der Waals surface area contributed by atoms with Gasteiger partial charge in [-0.2, -0.15) is 0 Å². The second-order valence-electron chi connectivity index (χ2n) is 2.09. The average molecular weight is 148 g/mol. The van der Waals surface area contributed by atoms with Crippen LogP contribution in [0.25, 0.3) is 0 Å². The molecule has 0 radical (unpaired) electrons. The van der Waals surface area contributed by atoms with Crippen LogP contribution in [0.1, 0.15) is 13.3 Å². The normalized spacial score (nSPS) is 32.2. The summed E-state index contributed by atoms with van der Waals surface area (Å²) in [5.74, 6) is 0. The van der Waals surface area contributed by atoms with Gasteiger partial charge in [0.05, 0.1) is 0 Å². The summed E-state index contributed by atoms with van der Waals surface area (Å²) in [5, 5.41) is 2.93. The van der Waals surface area contributed by atoms with Crippen molar-refractivity contribution in [2.75, 3.05) is 0 Å². The lowest BCUT2D eigenvalue weighted by atomic mass is 10.1. The molecule has 0 aromatic rings. The summed E-state index contributed by atoms with van der Waals surface area (Å²) in [6, 6.07) is 0. The van der Waals surface area contributed by atoms with Gasteiger partial charge in [0.15, 0.2) is 0 Å². The Labute approximate surface area is 57.6 Å². The Hall–Kier alpha value is -0.570. The first kappa shape index (κ1) is 6.55. The van der Waals surface area contributed by atoms with Crippen LogP contribution in [-0.4, -0.2) is 17.1 Å². The third-order valence-corrected chi connectivity index (χ3v) is 1.63. The van der Waals surface area contributed by atoms with E-state index in [9.17, 15) is 4.79 Å². The maximum absolute atomic E-state index is 10.5. The fraction of sp³-hybridized carbons (Fsp3) is 0.600. The van der Waals surface area contributed by atoms with E-state index in [1.54, 1.807) is 6.92 Å². The van der Waals surface area contributed by atoms with Gasteiger partial charge >= 0.3 is 0 Å². The summed E-state index contributed by atoms with van der Waals surface area (Å²) < 4.78 is 0. The zero-order valence-electron chi connectivity index (χ0n) is 4.93. The first-order valence-corrected chi connectivity index (χ1v) is 2.93. The number of halogens is 1. The summed E-state index contributed by atoms with van der Waals surface area (Å²) in [6.45, 7) is 1.61. The number of oxime groups is 1. The highest BCUT2D eigenvalue weighted by molar-refractivity contribution is 6.65. The molecule has 0 bridgehead atoms. The van der Waals surface area contributed by atoms with Gasteiger partial charge in [0.25, 0.3) is 5.24 Å². The Balaban J connectivity index is 2.66. The molecule has 1 rings (SSSR count). The van der Waals surface area contributed by atoms with E-state index in [0.717, 1.165) is 0 Å². The lowest BCUT2D eigenvalue weighted by molar-refractivity contribution is -0.130. The zero-order valence-corrected chi connectivity index (χ0v) is 5.68. The molecule has 1 heterocycles. The smallest absolute Gasteiger partial charge is 0.268 e. The minimum Gasteiger partial charge on any atom is -0.380 e. The molecule has 1 aliphatic heterocycles. The van der Waals surface area contributed by atoms with Crippen LogP contribution >= 0.6 is 11.6 Å². The highest BCUT2D eigenvalue weighted by Crippen LogP contribution is 2.22. The number of carbonyl (C=O) groups excluding carboxylic acids is 1. The topological polar surface area (TPSA) is 38.7 Å². The Kier molecular flexibility index (Phi) is 1.45. The number of nitrogens with zero attached hydrogens (tertiary/aromatic N) is 1. The molecule has 9 heavy (non-hydrogen) atoms. The third kappa shape index (κ3) is 1.05. The van der Waals surface area contributed by atoms with Gasteiger partial charge in [-0.05, 0) is 18.5 Å². The predicted molar refractivity (Wildman–Crippen MR) is 33.5 cm³/mol. The van der Waals surface area contributed by atoms with Gasteiger partial charge in [0, 0.05) is 12.6 Å². The number of rotatable bonds is 1. The minimum absolute atomic E-state index is 0.468. The van der Waals surface area contributed by atoms with Gasteiger partial charge in [-0.1, -0.05) is 5.16 Å². The van der Waals surface area contributed by atoms with Gasteiger partial charge in [0.1, 0.15) is 0 Å². The lowest BCUT2D eigenvalue weighted by Crippen LogP contribution is -2.30. The van der Waals surface area contributed by atoms with Crippen LogP contribution in [-0.2, 0) is 9.63 Å². The van der Waals surface area contributed by atoms with Crippen LogP contribution in [0.2, 0.25) is 0 Å². The van der Waals surface area contributed by atoms with Crippen molar-refractivity contribution in [3.8, 4) is 0 Å². The molecule has 0 aromatic carbocycles. The molecule has 0 N–H and O–H groups in total. The molecule has 1 atom stereocenters. The largest absolute Gasteiger partial charge is 0.380 e. The highest BCUT2D eigenvalue weighted by atomic mass is 35.5. The predicted octanol–water partition coefficient (Wildman–Crippen LogP) is 0.917. The van der Waals surface area contributed by atoms with Gasteiger partial charge in [0.2, 0.25) is 5.60 Å². The van der Waals surface area contributed by atoms with Crippen LogP contribution in [0.15, 0.2) is 5.16 Å². The van der Waals surface area contributed by atoms with Gasteiger partial charge in [-0.3, -0.25) is 4.79 Å². The van der Waals surface area contributed by atoms with Crippen molar-refractivity contribution in [3.05, 3.63) is 0 Å². The van der Waals surface area contributed by atoms with E-state index in [0.29, 0.717) is 6.42 Å². The second-order valence-corrected chi connectivity index (χ2v) is 2.43. The monoisotopic (exact) mass is 147 g/mol. The zero-order chi connectivity index (χ0) is 6.91. The quantitative estimate of drug-likeness (QED) is 0.518. The molecule has 1 aliphatic rings. The molecule has 3 nitrogen and oxygen atoms in total. The van der Waals surface area contributed by atoms with Gasteiger partial charge in [-0.15, -0.1) is 0 Å². The average Bonchev–Trinajstić information content (AvgIpc) is 2.16. The maximum Gasteiger partial charge on any atom is 0.268 e. The standard InChI is InChI=1S/C5H6ClNO2/c1-5(4(6)8)2-3-7-9-5/h3H,2H2,1H3. The van der Waals surface area contributed by atoms with Crippen molar-refractivity contribution < 1.29 is 9.63 Å². The molecule has 0 amide bonds. The van der Waals surface area contributed by atoms with E-state index in [4.69, 9.17) is 11.6 Å². The van der Waals surface area contributed by atoms with E-state index >= 15 is 0 Å². The van der Waals surface area contributed by atoms with Crippen LogP contribution in [0.4, 0.5) is 0 Å². The van der Waals surface area contributed by atoms with Crippen molar-refractivity contribution in [1.29, 1.82) is 0 Å². The van der Waals surface area contributed by atoms with Crippen molar-refractivity contribution in [1.82, 2.24) is 0 Å². The van der Waals surface area contributed by atoms with Crippen molar-refractivity contribution in [3.63, 3.8) is 0 Å². The number of carbonyl (C=O) groups is 1. The number of hydrogen-bond donors (Lipinski definition) is 0. The first-order chi connectivity index (χ1) is 4.15. The fourth-order valence-electron chi connectivity index (χ4n) is 0.518. The Morgan fingerprint density at radius 2 is 2.67 bits per heavy atom. The molecular formula is C5H6ClNO2. The second kappa shape index (κ2) is 1.99. The molecule has 1 unspecified atom stereocenters. The first-order valence-electron chi connectivity index (χ1n) is 2.55. The van der Waals surface area contributed by atoms with Crippen LogP contribution in [0.5, 0.6) is 0 Å². The molecule has 4 heteroatoms. The van der Waals surface area contributed by atoms with Crippen molar-refractivity contribution >= 4 is 23.1 Å². The molecular weight excluding hydrogens is 142 g/mol. The summed E-state index contributed by atoms with van der Waals surface area (Å²) in [6.07, 6.45) is 2.00. The van der Waals surface area contributed by atoms with E-state index in [1.165, 1.54) is 6.21 Å². The summed E-state index contributed by atoms with van der Waals surface area (Å²) in [5.41, 5.74) is -0.901. The molecule has 0 saturated heterocycles. The van der Waals surface area contributed by atoms with E-state index in [-0.39, 0.29) is 0 Å². The summed E-state index contributed by atoms with van der Waals surface area (Å²) >= 11 is 5.18. The van der Waals surface area contributed by atoms with Crippen molar-refractivity contribution in [2.24, 2.45) is 5.16 Å². The number of hydrogen-bond acceptors (Lipinski definition) is 3. The summed E-state index contributed by atoms with van der Waals surface area (Å²) in [7, 11) is 0. The Morgan fingerprint density at radius 1 is 2.00 bits per heavy atom. The van der Waals surface area contributed by atoms with Gasteiger partial charge in [-0.25, -0.2) is 0 Å². The fourth-order valence-corrected chi connectivity index (χ4v) is 0.630. The summed E-state index contributed by atoms with van der Waals surface area (Å²) in [4.78, 5) is 15.2. The molecule has 0 aromatic heterocycles. The Bertz CT molecular complexity index is 158. The van der Waals surface area contributed by atoms with E-state index < -0.39 is 10.8 Å². The van der Waals surface area contributed by atoms with Crippen molar-refractivity contribution in [2.45, 2.75) is 18.9 Å². The highest BCUT2D eigenvalue weighted by Gasteiger charge is 2.36. The molecule has 0 spiro atoms. The van der Waals surface area contributed by atoms with Crippen LogP contribution < -0.4 is 0 Å². The minimum atomic E-state index is -0.901. The molecule has 50 valence electrons. The molecule has 0 aliphatic carbocycles. The maximum atomic E-state index is 10.5. The van der Waals surface area contributed by atoms with Crippen LogP contribution in [0, 0.1) is 0 Å². The van der Waals surface area contributed by atoms with E-state index in [2.05, 4.69) is 9.99 Å². The third-order valence-electron chi connectivity index (χ3n) is 1.23. The Morgan fingerprint density at radius 3 is 2.89 bits per heavy atom. The van der Waals surface area contributed by atoms with E-state index in [1.807, 2.05) is 0 Å². The lowest BCUT2D eigenvalue weighted by Gasteiger charge is -2.14. The molecule has 0 fully saturated rings. The van der Waals surface area contributed by atoms with Crippen LogP contribution in [0.3, 0.4) is 0 Å². The SMILES string of the molecule is CC1(C(=O)Cl)CC=NO1. The van der Waals surface area contributed by atoms with Gasteiger partial charge < -0.3 is 4.84 Å². The molecule has 0 saturated carbocycles.